The molecule has 1 fully saturated rings. The quantitative estimate of drug-likeness (QED) is 0.690. The van der Waals surface area contributed by atoms with Crippen LogP contribution in [0.25, 0.3) is 0 Å². The molecule has 0 atom stereocenters. The van der Waals surface area contributed by atoms with Crippen LogP contribution in [0.3, 0.4) is 0 Å². The maximum absolute atomic E-state index is 11.3. The van der Waals surface area contributed by atoms with Crippen LogP contribution >= 0.6 is 0 Å². The number of rotatable bonds is 5. The molecule has 0 aromatic carbocycles. The molecule has 5 heteroatoms. The molecule has 15 heavy (non-hydrogen) atoms. The molecule has 0 spiro atoms. The predicted molar refractivity (Wildman–Crippen MR) is 60.0 cm³/mol. The molecule has 2 N–H and O–H groups in total. The third-order valence-corrected chi connectivity index (χ3v) is 4.00. The van der Waals surface area contributed by atoms with Gasteiger partial charge in [0.15, 0.2) is 0 Å². The van der Waals surface area contributed by atoms with E-state index in [1.807, 2.05) is 0 Å². The van der Waals surface area contributed by atoms with E-state index in [0.717, 1.165) is 19.3 Å². The van der Waals surface area contributed by atoms with E-state index in [1.54, 1.807) is 0 Å². The van der Waals surface area contributed by atoms with Gasteiger partial charge in [0.2, 0.25) is 10.0 Å². The van der Waals surface area contributed by atoms with Gasteiger partial charge in [0.1, 0.15) is 0 Å². The largest absolute Gasteiger partial charge is 0.389 e. The highest BCUT2D eigenvalue weighted by molar-refractivity contribution is 7.89. The molecule has 0 aromatic rings. The minimum Gasteiger partial charge on any atom is -0.389 e. The summed E-state index contributed by atoms with van der Waals surface area (Å²) in [6.45, 7) is 3.50. The van der Waals surface area contributed by atoms with Gasteiger partial charge in [-0.2, -0.15) is 0 Å². The van der Waals surface area contributed by atoms with Crippen LogP contribution in [0.15, 0.2) is 12.7 Å². The van der Waals surface area contributed by atoms with Crippen LogP contribution in [-0.4, -0.2) is 31.4 Å². The van der Waals surface area contributed by atoms with Crippen molar-refractivity contribution in [2.45, 2.75) is 37.7 Å². The Kier molecular flexibility index (Phi) is 4.31. The molecular weight excluding hydrogens is 214 g/mol. The lowest BCUT2D eigenvalue weighted by Crippen LogP contribution is -2.44. The van der Waals surface area contributed by atoms with E-state index < -0.39 is 15.6 Å². The van der Waals surface area contributed by atoms with E-state index in [0.29, 0.717) is 12.8 Å². The summed E-state index contributed by atoms with van der Waals surface area (Å²) in [5.74, 6) is -0.0942. The second-order valence-corrected chi connectivity index (χ2v) is 6.03. The third kappa shape index (κ3) is 4.32. The Bertz CT molecular complexity index is 305. The smallest absolute Gasteiger partial charge is 0.215 e. The van der Waals surface area contributed by atoms with Gasteiger partial charge >= 0.3 is 0 Å². The van der Waals surface area contributed by atoms with Crippen molar-refractivity contribution in [3.05, 3.63) is 12.7 Å². The number of nitrogens with one attached hydrogen (secondary N) is 1. The summed E-state index contributed by atoms with van der Waals surface area (Å²) in [6.07, 6.45) is 5.78. The maximum atomic E-state index is 11.3. The number of sulfonamides is 1. The Morgan fingerprint density at radius 1 is 1.33 bits per heavy atom. The first kappa shape index (κ1) is 12.7. The molecule has 0 saturated heterocycles. The first-order chi connectivity index (χ1) is 6.97. The number of hydrogen-bond donors (Lipinski definition) is 2. The third-order valence-electron chi connectivity index (χ3n) is 2.74. The standard InChI is InChI=1S/C10H19NO3S/c1-2-8-15(13,14)11-9-10(12)6-4-3-5-7-10/h2,11-12H,1,3-9H2. The van der Waals surface area contributed by atoms with Gasteiger partial charge in [-0.15, -0.1) is 6.58 Å². The van der Waals surface area contributed by atoms with Crippen LogP contribution < -0.4 is 4.72 Å². The highest BCUT2D eigenvalue weighted by atomic mass is 32.2. The minimum atomic E-state index is -3.30. The molecule has 0 heterocycles. The number of hydrogen-bond acceptors (Lipinski definition) is 3. The van der Waals surface area contributed by atoms with E-state index in [4.69, 9.17) is 0 Å². The van der Waals surface area contributed by atoms with Crippen molar-refractivity contribution in [1.29, 1.82) is 0 Å². The molecule has 1 aliphatic rings. The lowest BCUT2D eigenvalue weighted by atomic mass is 9.85. The summed E-state index contributed by atoms with van der Waals surface area (Å²) in [5, 5.41) is 10.1. The molecule has 0 amide bonds. The Hall–Kier alpha value is -0.390. The average Bonchev–Trinajstić information content (AvgIpc) is 2.17. The molecule has 1 aliphatic carbocycles. The maximum Gasteiger partial charge on any atom is 0.215 e. The summed E-state index contributed by atoms with van der Waals surface area (Å²) >= 11 is 0. The average molecular weight is 233 g/mol. The predicted octanol–water partition coefficient (Wildman–Crippen LogP) is 0.787. The van der Waals surface area contributed by atoms with Crippen LogP contribution in [0.4, 0.5) is 0 Å². The molecular formula is C10H19NO3S. The van der Waals surface area contributed by atoms with Crippen LogP contribution in [0.5, 0.6) is 0 Å². The van der Waals surface area contributed by atoms with Crippen LogP contribution in [0.1, 0.15) is 32.1 Å². The minimum absolute atomic E-state index is 0.0942. The zero-order chi connectivity index (χ0) is 11.4. The first-order valence-corrected chi connectivity index (χ1v) is 6.93. The Balaban J connectivity index is 2.44. The molecule has 4 nitrogen and oxygen atoms in total. The summed E-state index contributed by atoms with van der Waals surface area (Å²) in [6, 6.07) is 0. The van der Waals surface area contributed by atoms with Gasteiger partial charge in [0, 0.05) is 6.54 Å². The normalized spacial score (nSPS) is 21.1. The molecule has 0 radical (unpaired) electrons. The summed E-state index contributed by atoms with van der Waals surface area (Å²) in [4.78, 5) is 0. The number of aliphatic hydroxyl groups is 1. The van der Waals surface area contributed by atoms with Crippen molar-refractivity contribution >= 4 is 10.0 Å². The van der Waals surface area contributed by atoms with Crippen LogP contribution in [0, 0.1) is 0 Å². The van der Waals surface area contributed by atoms with Crippen molar-refractivity contribution in [3.63, 3.8) is 0 Å². The van der Waals surface area contributed by atoms with Gasteiger partial charge in [-0.25, -0.2) is 13.1 Å². The highest BCUT2D eigenvalue weighted by Gasteiger charge is 2.30. The van der Waals surface area contributed by atoms with Crippen molar-refractivity contribution in [3.8, 4) is 0 Å². The van der Waals surface area contributed by atoms with Crippen LogP contribution in [-0.2, 0) is 10.0 Å². The summed E-state index contributed by atoms with van der Waals surface area (Å²) in [5.41, 5.74) is -0.841. The lowest BCUT2D eigenvalue weighted by Gasteiger charge is -2.31. The van der Waals surface area contributed by atoms with Gasteiger partial charge in [0.25, 0.3) is 0 Å². The second-order valence-electron chi connectivity index (χ2n) is 4.18. The van der Waals surface area contributed by atoms with Gasteiger partial charge in [0.05, 0.1) is 11.4 Å². The van der Waals surface area contributed by atoms with Gasteiger partial charge in [-0.05, 0) is 12.8 Å². The molecule has 1 rings (SSSR count). The fourth-order valence-corrected chi connectivity index (χ4v) is 2.76. The Labute approximate surface area is 91.4 Å². The van der Waals surface area contributed by atoms with E-state index in [2.05, 4.69) is 11.3 Å². The second kappa shape index (κ2) is 5.09. The first-order valence-electron chi connectivity index (χ1n) is 5.28. The molecule has 88 valence electrons. The van der Waals surface area contributed by atoms with Crippen molar-refractivity contribution in [2.24, 2.45) is 0 Å². The Morgan fingerprint density at radius 3 is 2.47 bits per heavy atom. The Morgan fingerprint density at radius 2 is 1.93 bits per heavy atom. The van der Waals surface area contributed by atoms with Crippen molar-refractivity contribution < 1.29 is 13.5 Å². The highest BCUT2D eigenvalue weighted by Crippen LogP contribution is 2.27. The molecule has 0 bridgehead atoms. The van der Waals surface area contributed by atoms with Crippen LogP contribution in [0.2, 0.25) is 0 Å². The molecule has 1 saturated carbocycles. The zero-order valence-electron chi connectivity index (χ0n) is 8.91. The van der Waals surface area contributed by atoms with E-state index in [-0.39, 0.29) is 12.3 Å². The van der Waals surface area contributed by atoms with E-state index in [1.165, 1.54) is 6.08 Å². The molecule has 0 aromatic heterocycles. The topological polar surface area (TPSA) is 66.4 Å². The van der Waals surface area contributed by atoms with Gasteiger partial charge in [-0.1, -0.05) is 25.3 Å². The van der Waals surface area contributed by atoms with E-state index >= 15 is 0 Å². The zero-order valence-corrected chi connectivity index (χ0v) is 9.72. The fraction of sp³-hybridized carbons (Fsp3) is 0.800. The molecule has 0 aliphatic heterocycles. The fourth-order valence-electron chi connectivity index (χ4n) is 1.85. The van der Waals surface area contributed by atoms with Crippen molar-refractivity contribution in [2.75, 3.05) is 12.3 Å². The SMILES string of the molecule is C=CCS(=O)(=O)NCC1(O)CCCCC1. The van der Waals surface area contributed by atoms with Gasteiger partial charge in [-0.3, -0.25) is 0 Å². The van der Waals surface area contributed by atoms with Crippen molar-refractivity contribution in [1.82, 2.24) is 4.72 Å². The summed E-state index contributed by atoms with van der Waals surface area (Å²) in [7, 11) is -3.30. The van der Waals surface area contributed by atoms with Gasteiger partial charge < -0.3 is 5.11 Å². The molecule has 0 unspecified atom stereocenters. The van der Waals surface area contributed by atoms with E-state index in [9.17, 15) is 13.5 Å². The summed E-state index contributed by atoms with van der Waals surface area (Å²) < 4.78 is 25.1. The lowest BCUT2D eigenvalue weighted by molar-refractivity contribution is 0.00947. The monoisotopic (exact) mass is 233 g/mol.